The molecule has 1 aromatic heterocycles. The average Bonchev–Trinajstić information content (AvgIpc) is 2.58. The van der Waals surface area contributed by atoms with Crippen molar-refractivity contribution in [2.75, 3.05) is 18.4 Å². The Morgan fingerprint density at radius 2 is 1.78 bits per heavy atom. The smallest absolute Gasteiger partial charge is 0.274 e. The topological polar surface area (TPSA) is 62.3 Å². The summed E-state index contributed by atoms with van der Waals surface area (Å²) < 4.78 is 0.931. The van der Waals surface area contributed by atoms with Gasteiger partial charge in [-0.25, -0.2) is 0 Å². The van der Waals surface area contributed by atoms with Crippen LogP contribution in [0.4, 0.5) is 5.69 Å². The first-order chi connectivity index (χ1) is 11.0. The van der Waals surface area contributed by atoms with Gasteiger partial charge in [-0.15, -0.1) is 0 Å². The number of halogens is 1. The van der Waals surface area contributed by atoms with Crippen LogP contribution < -0.4 is 5.32 Å². The molecule has 0 saturated heterocycles. The molecule has 0 radical (unpaired) electrons. The second-order valence-corrected chi connectivity index (χ2v) is 5.78. The fourth-order valence-corrected chi connectivity index (χ4v) is 2.37. The number of amides is 2. The van der Waals surface area contributed by atoms with E-state index in [0.717, 1.165) is 4.47 Å². The number of carbonyl (C=O) groups excluding carboxylic acids is 2. The number of nitrogens with one attached hydrogen (secondary N) is 1. The van der Waals surface area contributed by atoms with E-state index in [1.54, 1.807) is 23.1 Å². The van der Waals surface area contributed by atoms with Crippen LogP contribution in [0.3, 0.4) is 0 Å². The highest BCUT2D eigenvalue weighted by Crippen LogP contribution is 2.15. The Morgan fingerprint density at radius 1 is 1.13 bits per heavy atom. The second-order valence-electron chi connectivity index (χ2n) is 4.87. The molecule has 23 heavy (non-hydrogen) atoms. The Balaban J connectivity index is 2.17. The normalized spacial score (nSPS) is 10.2. The van der Waals surface area contributed by atoms with Gasteiger partial charge in [-0.1, -0.05) is 15.9 Å². The van der Waals surface area contributed by atoms with Gasteiger partial charge in [0.1, 0.15) is 5.69 Å². The third-order valence-corrected chi connectivity index (χ3v) is 3.92. The van der Waals surface area contributed by atoms with Crippen molar-refractivity contribution in [3.05, 3.63) is 58.3 Å². The minimum absolute atomic E-state index is 0.102. The zero-order valence-corrected chi connectivity index (χ0v) is 14.6. The molecule has 1 N–H and O–H groups in total. The predicted octanol–water partition coefficient (Wildman–Crippen LogP) is 3.58. The van der Waals surface area contributed by atoms with Crippen molar-refractivity contribution in [1.82, 2.24) is 9.88 Å². The van der Waals surface area contributed by atoms with E-state index in [4.69, 9.17) is 0 Å². The Bertz CT molecular complexity index is 697. The van der Waals surface area contributed by atoms with Crippen molar-refractivity contribution in [1.29, 1.82) is 0 Å². The van der Waals surface area contributed by atoms with Crippen LogP contribution in [-0.4, -0.2) is 34.8 Å². The summed E-state index contributed by atoms with van der Waals surface area (Å²) in [5, 5.41) is 2.76. The molecule has 2 rings (SSSR count). The molecule has 0 fully saturated rings. The standard InChI is InChI=1S/C17H18BrN3O2/c1-3-21(4-2)17(23)12-9-10-19-15(11-12)16(22)20-14-7-5-13(18)6-8-14/h5-11H,3-4H2,1-2H3,(H,20,22). The molecule has 1 heterocycles. The summed E-state index contributed by atoms with van der Waals surface area (Å²) in [6.07, 6.45) is 1.48. The predicted molar refractivity (Wildman–Crippen MR) is 93.6 cm³/mol. The molecule has 120 valence electrons. The van der Waals surface area contributed by atoms with Crippen LogP contribution >= 0.6 is 15.9 Å². The molecule has 0 bridgehead atoms. The maximum atomic E-state index is 12.3. The van der Waals surface area contributed by atoms with Crippen molar-refractivity contribution in [3.63, 3.8) is 0 Å². The molecule has 0 spiro atoms. The molecule has 5 nitrogen and oxygen atoms in total. The molecule has 0 aliphatic heterocycles. The molecule has 2 amide bonds. The molecule has 0 atom stereocenters. The van der Waals surface area contributed by atoms with E-state index < -0.39 is 0 Å². The monoisotopic (exact) mass is 375 g/mol. The number of rotatable bonds is 5. The van der Waals surface area contributed by atoms with Crippen molar-refractivity contribution in [2.24, 2.45) is 0 Å². The number of aromatic nitrogens is 1. The third-order valence-electron chi connectivity index (χ3n) is 3.39. The lowest BCUT2D eigenvalue weighted by Crippen LogP contribution is -2.30. The highest BCUT2D eigenvalue weighted by atomic mass is 79.9. The van der Waals surface area contributed by atoms with Crippen LogP contribution in [0.1, 0.15) is 34.7 Å². The lowest BCUT2D eigenvalue weighted by molar-refractivity contribution is 0.0773. The maximum Gasteiger partial charge on any atom is 0.274 e. The van der Waals surface area contributed by atoms with Crippen molar-refractivity contribution in [3.8, 4) is 0 Å². The fraction of sp³-hybridized carbons (Fsp3) is 0.235. The summed E-state index contributed by atoms with van der Waals surface area (Å²) in [5.41, 5.74) is 1.34. The summed E-state index contributed by atoms with van der Waals surface area (Å²) in [4.78, 5) is 30.4. The largest absolute Gasteiger partial charge is 0.339 e. The number of hydrogen-bond acceptors (Lipinski definition) is 3. The van der Waals surface area contributed by atoms with Gasteiger partial charge in [-0.05, 0) is 50.2 Å². The zero-order valence-electron chi connectivity index (χ0n) is 13.0. The quantitative estimate of drug-likeness (QED) is 0.868. The summed E-state index contributed by atoms with van der Waals surface area (Å²) in [6.45, 7) is 5.09. The van der Waals surface area contributed by atoms with Crippen LogP contribution in [0, 0.1) is 0 Å². The lowest BCUT2D eigenvalue weighted by atomic mass is 10.2. The second kappa shape index (κ2) is 7.87. The number of carbonyl (C=O) groups is 2. The van der Waals surface area contributed by atoms with Gasteiger partial charge in [0.25, 0.3) is 11.8 Å². The van der Waals surface area contributed by atoms with Gasteiger partial charge in [0, 0.05) is 35.0 Å². The Labute approximate surface area is 143 Å². The molecular weight excluding hydrogens is 358 g/mol. The number of pyridine rings is 1. The van der Waals surface area contributed by atoms with E-state index in [2.05, 4.69) is 26.2 Å². The minimum atomic E-state index is -0.346. The van der Waals surface area contributed by atoms with E-state index in [1.807, 2.05) is 26.0 Å². The first-order valence-corrected chi connectivity index (χ1v) is 8.16. The van der Waals surface area contributed by atoms with Gasteiger partial charge in [0.2, 0.25) is 0 Å². The number of benzene rings is 1. The molecule has 6 heteroatoms. The van der Waals surface area contributed by atoms with Crippen LogP contribution in [0.15, 0.2) is 47.1 Å². The molecule has 0 aliphatic rings. The van der Waals surface area contributed by atoms with Gasteiger partial charge in [0.15, 0.2) is 0 Å². The third kappa shape index (κ3) is 4.39. The Kier molecular flexibility index (Phi) is 5.87. The van der Waals surface area contributed by atoms with E-state index in [1.165, 1.54) is 12.3 Å². The summed E-state index contributed by atoms with van der Waals surface area (Å²) >= 11 is 3.34. The Morgan fingerprint density at radius 3 is 2.39 bits per heavy atom. The minimum Gasteiger partial charge on any atom is -0.339 e. The van der Waals surface area contributed by atoms with E-state index in [9.17, 15) is 9.59 Å². The SMILES string of the molecule is CCN(CC)C(=O)c1ccnc(C(=O)Nc2ccc(Br)cc2)c1. The van der Waals surface area contributed by atoms with E-state index >= 15 is 0 Å². The number of hydrogen-bond donors (Lipinski definition) is 1. The molecule has 2 aromatic rings. The van der Waals surface area contributed by atoms with Crippen LogP contribution in [0.5, 0.6) is 0 Å². The maximum absolute atomic E-state index is 12.3. The van der Waals surface area contributed by atoms with Gasteiger partial charge in [-0.3, -0.25) is 14.6 Å². The first-order valence-electron chi connectivity index (χ1n) is 7.37. The van der Waals surface area contributed by atoms with Gasteiger partial charge < -0.3 is 10.2 Å². The molecule has 0 aliphatic carbocycles. The number of nitrogens with zero attached hydrogens (tertiary/aromatic N) is 2. The molecular formula is C17H18BrN3O2. The summed E-state index contributed by atoms with van der Waals surface area (Å²) in [7, 11) is 0. The molecule has 1 aromatic carbocycles. The van der Waals surface area contributed by atoms with Crippen LogP contribution in [-0.2, 0) is 0 Å². The van der Waals surface area contributed by atoms with Gasteiger partial charge in [-0.2, -0.15) is 0 Å². The summed E-state index contributed by atoms with van der Waals surface area (Å²) in [5.74, 6) is -0.448. The van der Waals surface area contributed by atoms with Gasteiger partial charge in [0.05, 0.1) is 0 Å². The first kappa shape index (κ1) is 17.1. The zero-order chi connectivity index (χ0) is 16.8. The highest BCUT2D eigenvalue weighted by molar-refractivity contribution is 9.10. The van der Waals surface area contributed by atoms with Crippen LogP contribution in [0.2, 0.25) is 0 Å². The highest BCUT2D eigenvalue weighted by Gasteiger charge is 2.15. The fourth-order valence-electron chi connectivity index (χ4n) is 2.11. The van der Waals surface area contributed by atoms with Crippen LogP contribution in [0.25, 0.3) is 0 Å². The van der Waals surface area contributed by atoms with Gasteiger partial charge >= 0.3 is 0 Å². The van der Waals surface area contributed by atoms with Crippen molar-refractivity contribution < 1.29 is 9.59 Å². The lowest BCUT2D eigenvalue weighted by Gasteiger charge is -2.18. The van der Waals surface area contributed by atoms with Crippen molar-refractivity contribution in [2.45, 2.75) is 13.8 Å². The van der Waals surface area contributed by atoms with E-state index in [-0.39, 0.29) is 17.5 Å². The molecule has 0 saturated carbocycles. The summed E-state index contributed by atoms with van der Waals surface area (Å²) in [6, 6.07) is 10.4. The average molecular weight is 376 g/mol. The number of anilines is 1. The van der Waals surface area contributed by atoms with E-state index in [0.29, 0.717) is 24.3 Å². The Hall–Kier alpha value is -2.21. The molecule has 0 unspecified atom stereocenters. The van der Waals surface area contributed by atoms with Crippen molar-refractivity contribution >= 4 is 33.4 Å².